The monoisotopic (exact) mass is 423 g/mol. The molecule has 5 nitrogen and oxygen atoms in total. The largest absolute Gasteiger partial charge is 0.344 e. The van der Waals surface area contributed by atoms with Crippen LogP contribution in [0.1, 0.15) is 17.0 Å². The van der Waals surface area contributed by atoms with Crippen molar-refractivity contribution in [3.8, 4) is 21.8 Å². The first-order chi connectivity index (χ1) is 13.8. The van der Waals surface area contributed by atoms with Gasteiger partial charge in [0.15, 0.2) is 0 Å². The van der Waals surface area contributed by atoms with Crippen LogP contribution in [-0.2, 0) is 16.6 Å². The van der Waals surface area contributed by atoms with E-state index in [4.69, 9.17) is 10.1 Å². The van der Waals surface area contributed by atoms with E-state index >= 15 is 0 Å². The highest BCUT2D eigenvalue weighted by atomic mass is 32.2. The molecule has 2 aromatic heterocycles. The summed E-state index contributed by atoms with van der Waals surface area (Å²) in [6.07, 6.45) is 0. The fourth-order valence-corrected chi connectivity index (χ4v) is 4.73. The SMILES string of the molecule is Cc1cc(-c2csc(-c3ccc(S(N)(=O)=O)cc3)n2)c(C)n1Cc1ccccc1. The second-order valence-electron chi connectivity index (χ2n) is 6.96. The molecule has 0 spiro atoms. The number of nitrogens with two attached hydrogens (primary N) is 1. The van der Waals surface area contributed by atoms with Crippen molar-refractivity contribution in [3.05, 3.63) is 83.0 Å². The number of nitrogens with zero attached hydrogens (tertiary/aromatic N) is 2. The molecule has 2 heterocycles. The minimum atomic E-state index is -3.69. The number of benzene rings is 2. The molecule has 0 unspecified atom stereocenters. The summed E-state index contributed by atoms with van der Waals surface area (Å²) >= 11 is 1.54. The maximum absolute atomic E-state index is 11.4. The maximum atomic E-state index is 11.4. The van der Waals surface area contributed by atoms with Gasteiger partial charge in [0.25, 0.3) is 0 Å². The number of hydrogen-bond acceptors (Lipinski definition) is 4. The van der Waals surface area contributed by atoms with Gasteiger partial charge in [-0.25, -0.2) is 18.5 Å². The molecule has 4 aromatic rings. The third-order valence-corrected chi connectivity index (χ3v) is 6.79. The van der Waals surface area contributed by atoms with E-state index in [1.54, 1.807) is 12.1 Å². The van der Waals surface area contributed by atoms with E-state index in [0.717, 1.165) is 28.4 Å². The van der Waals surface area contributed by atoms with Gasteiger partial charge >= 0.3 is 0 Å². The van der Waals surface area contributed by atoms with Crippen LogP contribution in [0.3, 0.4) is 0 Å². The summed E-state index contributed by atoms with van der Waals surface area (Å²) in [7, 11) is -3.69. The van der Waals surface area contributed by atoms with Crippen LogP contribution < -0.4 is 5.14 Å². The lowest BCUT2D eigenvalue weighted by molar-refractivity contribution is 0.598. The van der Waals surface area contributed by atoms with Gasteiger partial charge < -0.3 is 4.57 Å². The molecule has 0 bridgehead atoms. The highest BCUT2D eigenvalue weighted by Gasteiger charge is 2.15. The maximum Gasteiger partial charge on any atom is 0.238 e. The van der Waals surface area contributed by atoms with Crippen molar-refractivity contribution in [2.75, 3.05) is 0 Å². The molecular formula is C22H21N3O2S2. The number of thiazole rings is 1. The Morgan fingerprint density at radius 1 is 1.03 bits per heavy atom. The van der Waals surface area contributed by atoms with Gasteiger partial charge in [0.05, 0.1) is 10.6 Å². The molecule has 4 rings (SSSR count). The Labute approximate surface area is 174 Å². The van der Waals surface area contributed by atoms with E-state index in [1.807, 2.05) is 11.4 Å². The number of rotatable bonds is 5. The lowest BCUT2D eigenvalue weighted by Crippen LogP contribution is -2.11. The van der Waals surface area contributed by atoms with Gasteiger partial charge in [-0.05, 0) is 37.6 Å². The van der Waals surface area contributed by atoms with Crippen molar-refractivity contribution >= 4 is 21.4 Å². The number of hydrogen-bond donors (Lipinski definition) is 1. The molecule has 0 atom stereocenters. The van der Waals surface area contributed by atoms with Gasteiger partial charge in [-0.3, -0.25) is 0 Å². The van der Waals surface area contributed by atoms with E-state index in [9.17, 15) is 8.42 Å². The molecular weight excluding hydrogens is 402 g/mol. The number of aromatic nitrogens is 2. The van der Waals surface area contributed by atoms with Gasteiger partial charge in [0, 0.05) is 34.4 Å². The van der Waals surface area contributed by atoms with Crippen LogP contribution in [0.25, 0.3) is 21.8 Å². The van der Waals surface area contributed by atoms with Crippen LogP contribution in [0.5, 0.6) is 0 Å². The topological polar surface area (TPSA) is 78.0 Å². The van der Waals surface area contributed by atoms with Crippen LogP contribution in [0, 0.1) is 13.8 Å². The molecule has 0 aliphatic carbocycles. The van der Waals surface area contributed by atoms with Gasteiger partial charge in [0.2, 0.25) is 10.0 Å². The predicted molar refractivity (Wildman–Crippen MR) is 117 cm³/mol. The van der Waals surface area contributed by atoms with E-state index in [1.165, 1.54) is 40.4 Å². The Morgan fingerprint density at radius 3 is 2.38 bits per heavy atom. The van der Waals surface area contributed by atoms with E-state index in [0.29, 0.717) is 0 Å². The molecule has 0 saturated heterocycles. The standard InChI is InChI=1S/C22H21N3O2S2/c1-15-12-20(16(2)25(15)13-17-6-4-3-5-7-17)21-14-28-22(24-21)18-8-10-19(11-9-18)29(23,26)27/h3-12,14H,13H2,1-2H3,(H2,23,26,27). The highest BCUT2D eigenvalue weighted by molar-refractivity contribution is 7.89. The second-order valence-corrected chi connectivity index (χ2v) is 9.38. The minimum absolute atomic E-state index is 0.0995. The first kappa shape index (κ1) is 19.6. The minimum Gasteiger partial charge on any atom is -0.344 e. The molecule has 0 aliphatic rings. The number of sulfonamides is 1. The number of primary sulfonamides is 1. The molecule has 7 heteroatoms. The van der Waals surface area contributed by atoms with Crippen LogP contribution >= 0.6 is 11.3 Å². The molecule has 29 heavy (non-hydrogen) atoms. The third kappa shape index (κ3) is 4.03. The first-order valence-corrected chi connectivity index (χ1v) is 11.6. The summed E-state index contributed by atoms with van der Waals surface area (Å²) in [5.74, 6) is 0. The lowest BCUT2D eigenvalue weighted by Gasteiger charge is -2.09. The summed E-state index contributed by atoms with van der Waals surface area (Å²) in [6, 6.07) is 19.1. The number of aryl methyl sites for hydroxylation is 1. The summed E-state index contributed by atoms with van der Waals surface area (Å²) in [5, 5.41) is 8.05. The van der Waals surface area contributed by atoms with Crippen molar-refractivity contribution in [2.24, 2.45) is 5.14 Å². The molecule has 2 aromatic carbocycles. The van der Waals surface area contributed by atoms with Crippen LogP contribution in [0.2, 0.25) is 0 Å². The Balaban J connectivity index is 1.64. The Morgan fingerprint density at radius 2 is 1.72 bits per heavy atom. The molecule has 2 N–H and O–H groups in total. The molecule has 0 fully saturated rings. The van der Waals surface area contributed by atoms with Crippen LogP contribution in [0.4, 0.5) is 0 Å². The van der Waals surface area contributed by atoms with Crippen molar-refractivity contribution in [3.63, 3.8) is 0 Å². The fourth-order valence-electron chi connectivity index (χ4n) is 3.39. The average molecular weight is 424 g/mol. The molecule has 0 aliphatic heterocycles. The van der Waals surface area contributed by atoms with Crippen LogP contribution in [-0.4, -0.2) is 18.0 Å². The Kier molecular flexibility index (Phi) is 5.12. The smallest absolute Gasteiger partial charge is 0.238 e. The van der Waals surface area contributed by atoms with E-state index < -0.39 is 10.0 Å². The third-order valence-electron chi connectivity index (χ3n) is 4.97. The normalized spacial score (nSPS) is 11.7. The van der Waals surface area contributed by atoms with E-state index in [2.05, 4.69) is 48.7 Å². The highest BCUT2D eigenvalue weighted by Crippen LogP contribution is 2.32. The Hall–Kier alpha value is -2.74. The average Bonchev–Trinajstić information content (AvgIpc) is 3.29. The van der Waals surface area contributed by atoms with Crippen molar-refractivity contribution in [2.45, 2.75) is 25.3 Å². The second kappa shape index (κ2) is 7.59. The molecule has 0 saturated carbocycles. The van der Waals surface area contributed by atoms with E-state index in [-0.39, 0.29) is 4.90 Å². The molecule has 0 amide bonds. The lowest BCUT2D eigenvalue weighted by atomic mass is 10.2. The first-order valence-electron chi connectivity index (χ1n) is 9.13. The van der Waals surface area contributed by atoms with Crippen molar-refractivity contribution in [1.29, 1.82) is 0 Å². The zero-order valence-corrected chi connectivity index (χ0v) is 17.8. The predicted octanol–water partition coefficient (Wildman–Crippen LogP) is 4.59. The Bertz CT molecular complexity index is 1260. The van der Waals surface area contributed by atoms with Crippen molar-refractivity contribution in [1.82, 2.24) is 9.55 Å². The van der Waals surface area contributed by atoms with Gasteiger partial charge in [-0.15, -0.1) is 11.3 Å². The zero-order chi connectivity index (χ0) is 20.6. The van der Waals surface area contributed by atoms with Gasteiger partial charge in [0.1, 0.15) is 5.01 Å². The summed E-state index contributed by atoms with van der Waals surface area (Å²) in [5.41, 5.74) is 6.53. The van der Waals surface area contributed by atoms with Crippen LogP contribution in [0.15, 0.2) is 70.9 Å². The van der Waals surface area contributed by atoms with Gasteiger partial charge in [-0.1, -0.05) is 42.5 Å². The fraction of sp³-hybridized carbons (Fsp3) is 0.136. The zero-order valence-electron chi connectivity index (χ0n) is 16.2. The quantitative estimate of drug-likeness (QED) is 0.510. The summed E-state index contributed by atoms with van der Waals surface area (Å²) in [4.78, 5) is 4.89. The summed E-state index contributed by atoms with van der Waals surface area (Å²) in [6.45, 7) is 5.05. The van der Waals surface area contributed by atoms with Gasteiger partial charge in [-0.2, -0.15) is 0 Å². The molecule has 0 radical (unpaired) electrons. The van der Waals surface area contributed by atoms with Crippen molar-refractivity contribution < 1.29 is 8.42 Å². The molecule has 148 valence electrons. The summed E-state index contributed by atoms with van der Waals surface area (Å²) < 4.78 is 25.2.